The lowest BCUT2D eigenvalue weighted by molar-refractivity contribution is -0.384. The van der Waals surface area contributed by atoms with Crippen LogP contribution in [-0.2, 0) is 4.79 Å². The topological polar surface area (TPSA) is 99.4 Å². The minimum atomic E-state index is -0.614. The molecule has 7 heteroatoms. The first kappa shape index (κ1) is 14.8. The van der Waals surface area contributed by atoms with Gasteiger partial charge in [-0.2, -0.15) is 0 Å². The number of amides is 1. The van der Waals surface area contributed by atoms with Crippen molar-refractivity contribution in [2.24, 2.45) is 5.73 Å². The van der Waals surface area contributed by atoms with Gasteiger partial charge in [0.15, 0.2) is 0 Å². The maximum Gasteiger partial charge on any atom is 0.280 e. The zero-order valence-corrected chi connectivity index (χ0v) is 11.8. The first-order valence-electron chi connectivity index (χ1n) is 5.90. The number of aryl methyl sites for hydroxylation is 1. The molecule has 0 fully saturated rings. The van der Waals surface area contributed by atoms with Gasteiger partial charge in [-0.1, -0.05) is 11.6 Å². The van der Waals surface area contributed by atoms with Crippen LogP contribution in [0, 0.1) is 17.0 Å². The van der Waals surface area contributed by atoms with Crippen LogP contribution >= 0.6 is 11.6 Å². The Bertz CT molecular complexity index is 749. The highest BCUT2D eigenvalue weighted by molar-refractivity contribution is 6.31. The maximum atomic E-state index is 11.1. The monoisotopic (exact) mass is 306 g/mol. The summed E-state index contributed by atoms with van der Waals surface area (Å²) in [7, 11) is 0. The van der Waals surface area contributed by atoms with E-state index in [0.29, 0.717) is 16.3 Å². The molecule has 2 rings (SSSR count). The third-order valence-corrected chi connectivity index (χ3v) is 3.18. The maximum absolute atomic E-state index is 11.1. The number of hydrogen-bond acceptors (Lipinski definition) is 4. The van der Waals surface area contributed by atoms with Gasteiger partial charge in [0, 0.05) is 17.2 Å². The molecule has 1 heterocycles. The fourth-order valence-corrected chi connectivity index (χ4v) is 1.93. The molecule has 1 aromatic heterocycles. The van der Waals surface area contributed by atoms with Gasteiger partial charge in [0.2, 0.25) is 5.91 Å². The third-order valence-electron chi connectivity index (χ3n) is 2.78. The molecule has 21 heavy (non-hydrogen) atoms. The number of nitro benzene ring substituents is 1. The van der Waals surface area contributed by atoms with E-state index in [1.54, 1.807) is 19.1 Å². The molecule has 0 unspecified atom stereocenters. The van der Waals surface area contributed by atoms with Crippen LogP contribution < -0.4 is 5.73 Å². The molecule has 0 radical (unpaired) electrons. The molecule has 108 valence electrons. The Balaban J connectivity index is 2.49. The Kier molecular flexibility index (Phi) is 4.09. The molecule has 2 aromatic rings. The highest BCUT2D eigenvalue weighted by Gasteiger charge is 2.20. The van der Waals surface area contributed by atoms with Crippen molar-refractivity contribution < 1.29 is 14.1 Å². The number of nitro groups is 1. The lowest BCUT2D eigenvalue weighted by atomic mass is 10.1. The van der Waals surface area contributed by atoms with Crippen molar-refractivity contribution in [2.45, 2.75) is 6.92 Å². The van der Waals surface area contributed by atoms with Crippen molar-refractivity contribution in [2.75, 3.05) is 0 Å². The van der Waals surface area contributed by atoms with Gasteiger partial charge in [0.25, 0.3) is 5.69 Å². The van der Waals surface area contributed by atoms with Crippen molar-refractivity contribution >= 4 is 29.3 Å². The van der Waals surface area contributed by atoms with E-state index >= 15 is 0 Å². The number of rotatable bonds is 4. The van der Waals surface area contributed by atoms with E-state index in [-0.39, 0.29) is 17.0 Å². The SMILES string of the molecule is Cc1cc([N+](=O)[O-])c(-c2ccc(/C=C\C(N)=O)o2)cc1Cl. The smallest absolute Gasteiger partial charge is 0.280 e. The van der Waals surface area contributed by atoms with Crippen molar-refractivity contribution in [1.29, 1.82) is 0 Å². The highest BCUT2D eigenvalue weighted by Crippen LogP contribution is 2.35. The standard InChI is InChI=1S/C14H11ClN2O4/c1-8-6-12(17(19)20)10(7-11(8)15)13-4-2-9(21-13)3-5-14(16)18/h2-7H,1H3,(H2,16,18)/b5-3-. The largest absolute Gasteiger partial charge is 0.456 e. The van der Waals surface area contributed by atoms with E-state index in [1.807, 2.05) is 0 Å². The van der Waals surface area contributed by atoms with Crippen LogP contribution in [0.3, 0.4) is 0 Å². The zero-order chi connectivity index (χ0) is 15.6. The summed E-state index contributed by atoms with van der Waals surface area (Å²) >= 11 is 6.01. The van der Waals surface area contributed by atoms with Gasteiger partial charge in [-0.3, -0.25) is 14.9 Å². The number of primary amides is 1. The molecule has 0 spiro atoms. The summed E-state index contributed by atoms with van der Waals surface area (Å²) in [6.07, 6.45) is 2.52. The van der Waals surface area contributed by atoms with Crippen LogP contribution in [0.2, 0.25) is 5.02 Å². The zero-order valence-electron chi connectivity index (χ0n) is 11.0. The van der Waals surface area contributed by atoms with Gasteiger partial charge >= 0.3 is 0 Å². The fourth-order valence-electron chi connectivity index (χ4n) is 1.77. The number of hydrogen-bond donors (Lipinski definition) is 1. The molecule has 1 aromatic carbocycles. The van der Waals surface area contributed by atoms with E-state index in [1.165, 1.54) is 18.2 Å². The number of furan rings is 1. The van der Waals surface area contributed by atoms with Crippen molar-refractivity contribution in [1.82, 2.24) is 0 Å². The molecule has 0 saturated heterocycles. The predicted octanol–water partition coefficient (Wildman–Crippen LogP) is 3.32. The minimum Gasteiger partial charge on any atom is -0.456 e. The molecular weight excluding hydrogens is 296 g/mol. The second kappa shape index (κ2) is 5.80. The first-order chi connectivity index (χ1) is 9.88. The molecule has 0 aliphatic heterocycles. The first-order valence-corrected chi connectivity index (χ1v) is 6.28. The Hall–Kier alpha value is -2.60. The number of halogens is 1. The van der Waals surface area contributed by atoms with Crippen molar-refractivity contribution in [3.8, 4) is 11.3 Å². The number of carbonyl (C=O) groups is 1. The van der Waals surface area contributed by atoms with Crippen LogP contribution in [0.15, 0.2) is 34.8 Å². The van der Waals surface area contributed by atoms with Crippen LogP contribution in [-0.4, -0.2) is 10.8 Å². The number of carbonyl (C=O) groups excluding carboxylic acids is 1. The Labute approximate surface area is 125 Å². The molecule has 0 aliphatic rings. The highest BCUT2D eigenvalue weighted by atomic mass is 35.5. The summed E-state index contributed by atoms with van der Waals surface area (Å²) in [5, 5.41) is 11.5. The Morgan fingerprint density at radius 3 is 2.76 bits per heavy atom. The Morgan fingerprint density at radius 1 is 1.43 bits per heavy atom. The summed E-state index contributed by atoms with van der Waals surface area (Å²) in [5.74, 6) is 0.0276. The van der Waals surface area contributed by atoms with E-state index < -0.39 is 10.8 Å². The summed E-state index contributed by atoms with van der Waals surface area (Å²) < 4.78 is 5.45. The van der Waals surface area contributed by atoms with E-state index in [4.69, 9.17) is 21.8 Å². The summed E-state index contributed by atoms with van der Waals surface area (Å²) in [6, 6.07) is 6.01. The summed E-state index contributed by atoms with van der Waals surface area (Å²) in [5.41, 5.74) is 5.76. The quantitative estimate of drug-likeness (QED) is 0.532. The summed E-state index contributed by atoms with van der Waals surface area (Å²) in [4.78, 5) is 21.3. The third kappa shape index (κ3) is 3.29. The Morgan fingerprint density at radius 2 is 2.14 bits per heavy atom. The molecular formula is C14H11ClN2O4. The molecule has 0 atom stereocenters. The van der Waals surface area contributed by atoms with E-state index in [2.05, 4.69) is 0 Å². The molecule has 0 saturated carbocycles. The van der Waals surface area contributed by atoms with Crippen molar-refractivity contribution in [3.05, 3.63) is 56.8 Å². The lowest BCUT2D eigenvalue weighted by Crippen LogP contribution is -2.04. The number of nitrogens with zero attached hydrogens (tertiary/aromatic N) is 1. The van der Waals surface area contributed by atoms with Crippen LogP contribution in [0.4, 0.5) is 5.69 Å². The van der Waals surface area contributed by atoms with Gasteiger partial charge in [0.05, 0.1) is 10.5 Å². The van der Waals surface area contributed by atoms with E-state index in [9.17, 15) is 14.9 Å². The molecule has 0 aliphatic carbocycles. The average molecular weight is 307 g/mol. The average Bonchev–Trinajstić information content (AvgIpc) is 2.87. The van der Waals surface area contributed by atoms with Gasteiger partial charge in [-0.15, -0.1) is 0 Å². The van der Waals surface area contributed by atoms with Crippen LogP contribution in [0.5, 0.6) is 0 Å². The normalized spacial score (nSPS) is 11.0. The van der Waals surface area contributed by atoms with Gasteiger partial charge in [0.1, 0.15) is 11.5 Å². The van der Waals surface area contributed by atoms with Crippen LogP contribution in [0.1, 0.15) is 11.3 Å². The van der Waals surface area contributed by atoms with E-state index in [0.717, 1.165) is 6.08 Å². The second-order valence-corrected chi connectivity index (χ2v) is 4.72. The predicted molar refractivity (Wildman–Crippen MR) is 78.8 cm³/mol. The number of nitrogens with two attached hydrogens (primary N) is 1. The second-order valence-electron chi connectivity index (χ2n) is 4.31. The minimum absolute atomic E-state index is 0.100. The summed E-state index contributed by atoms with van der Waals surface area (Å²) in [6.45, 7) is 1.68. The van der Waals surface area contributed by atoms with Gasteiger partial charge < -0.3 is 10.2 Å². The molecule has 1 amide bonds. The fraction of sp³-hybridized carbons (Fsp3) is 0.0714. The number of benzene rings is 1. The molecule has 2 N–H and O–H groups in total. The van der Waals surface area contributed by atoms with Crippen molar-refractivity contribution in [3.63, 3.8) is 0 Å². The van der Waals surface area contributed by atoms with Gasteiger partial charge in [-0.05, 0) is 36.8 Å². The van der Waals surface area contributed by atoms with Crippen LogP contribution in [0.25, 0.3) is 17.4 Å². The lowest BCUT2D eigenvalue weighted by Gasteiger charge is -2.03. The van der Waals surface area contributed by atoms with Gasteiger partial charge in [-0.25, -0.2) is 0 Å². The molecule has 6 nitrogen and oxygen atoms in total. The molecule has 0 bridgehead atoms.